The average molecular weight is 223 g/mol. The molecule has 1 aliphatic carbocycles. The molecule has 0 unspecified atom stereocenters. The number of hydrogen-bond donors (Lipinski definition) is 1. The number of esters is 1. The molecule has 0 radical (unpaired) electrons. The third-order valence-corrected chi connectivity index (χ3v) is 2.93. The molecule has 0 spiro atoms. The number of ether oxygens (including phenoxy) is 1. The highest BCUT2D eigenvalue weighted by Crippen LogP contribution is 2.35. The molecule has 0 aliphatic heterocycles. The van der Waals surface area contributed by atoms with Crippen molar-refractivity contribution in [2.45, 2.75) is 19.4 Å². The molecule has 16 heavy (non-hydrogen) atoms. The molecule has 86 valence electrons. The van der Waals surface area contributed by atoms with Gasteiger partial charge in [-0.2, -0.15) is 0 Å². The molecule has 2 N–H and O–H groups in total. The van der Waals surface area contributed by atoms with Crippen molar-refractivity contribution < 1.29 is 13.9 Å². The summed E-state index contributed by atoms with van der Waals surface area (Å²) < 4.78 is 18.0. The van der Waals surface area contributed by atoms with Crippen LogP contribution in [0, 0.1) is 11.7 Å². The van der Waals surface area contributed by atoms with Crippen LogP contribution in [-0.2, 0) is 16.0 Å². The Balaban J connectivity index is 2.23. The summed E-state index contributed by atoms with van der Waals surface area (Å²) in [6.07, 6.45) is 0.465. The van der Waals surface area contributed by atoms with E-state index in [1.807, 2.05) is 0 Å². The molecule has 0 fully saturated rings. The van der Waals surface area contributed by atoms with Crippen molar-refractivity contribution >= 4 is 5.97 Å². The summed E-state index contributed by atoms with van der Waals surface area (Å²) in [5.74, 6) is -0.973. The second kappa shape index (κ2) is 4.22. The van der Waals surface area contributed by atoms with Crippen LogP contribution in [0.25, 0.3) is 0 Å². The Kier molecular flexibility index (Phi) is 2.92. The van der Waals surface area contributed by atoms with Crippen molar-refractivity contribution in [3.05, 3.63) is 35.1 Å². The van der Waals surface area contributed by atoms with Crippen molar-refractivity contribution in [1.82, 2.24) is 0 Å². The molecule has 1 aromatic rings. The van der Waals surface area contributed by atoms with E-state index in [0.717, 1.165) is 11.1 Å². The van der Waals surface area contributed by atoms with Gasteiger partial charge in [-0.3, -0.25) is 4.79 Å². The largest absolute Gasteiger partial charge is 0.466 e. The molecule has 4 heteroatoms. The van der Waals surface area contributed by atoms with E-state index < -0.39 is 0 Å². The molecular formula is C12H14FNO2. The van der Waals surface area contributed by atoms with Crippen molar-refractivity contribution in [1.29, 1.82) is 0 Å². The number of nitrogens with two attached hydrogens (primary N) is 1. The number of benzene rings is 1. The first-order chi connectivity index (χ1) is 7.63. The van der Waals surface area contributed by atoms with Crippen LogP contribution in [0.1, 0.15) is 24.1 Å². The van der Waals surface area contributed by atoms with Gasteiger partial charge in [-0.1, -0.05) is 6.07 Å². The summed E-state index contributed by atoms with van der Waals surface area (Å²) in [6, 6.07) is 4.07. The fourth-order valence-electron chi connectivity index (χ4n) is 2.14. The molecule has 1 aromatic carbocycles. The zero-order valence-electron chi connectivity index (χ0n) is 9.07. The lowest BCUT2D eigenvalue weighted by Gasteiger charge is -2.13. The Labute approximate surface area is 93.4 Å². The van der Waals surface area contributed by atoms with Gasteiger partial charge in [-0.05, 0) is 36.6 Å². The minimum atomic E-state index is -0.380. The predicted molar refractivity (Wildman–Crippen MR) is 57.2 cm³/mol. The first-order valence-corrected chi connectivity index (χ1v) is 5.34. The molecular weight excluding hydrogens is 209 g/mol. The number of hydrogen-bond acceptors (Lipinski definition) is 3. The Morgan fingerprint density at radius 3 is 3.06 bits per heavy atom. The smallest absolute Gasteiger partial charge is 0.311 e. The van der Waals surface area contributed by atoms with E-state index >= 15 is 0 Å². The van der Waals surface area contributed by atoms with E-state index in [0.29, 0.717) is 13.0 Å². The highest BCUT2D eigenvalue weighted by molar-refractivity contribution is 5.75. The van der Waals surface area contributed by atoms with Crippen LogP contribution in [0.4, 0.5) is 4.39 Å². The van der Waals surface area contributed by atoms with Crippen molar-refractivity contribution in [3.63, 3.8) is 0 Å². The maximum Gasteiger partial charge on any atom is 0.311 e. The number of fused-ring (bicyclic) bond motifs is 1. The van der Waals surface area contributed by atoms with Crippen LogP contribution in [0.5, 0.6) is 0 Å². The van der Waals surface area contributed by atoms with Gasteiger partial charge in [-0.15, -0.1) is 0 Å². The third kappa shape index (κ3) is 1.80. The first-order valence-electron chi connectivity index (χ1n) is 5.34. The van der Waals surface area contributed by atoms with Gasteiger partial charge in [-0.25, -0.2) is 4.39 Å². The molecule has 2 atom stereocenters. The van der Waals surface area contributed by atoms with Gasteiger partial charge in [0.1, 0.15) is 5.82 Å². The second-order valence-electron chi connectivity index (χ2n) is 3.93. The van der Waals surface area contributed by atoms with Crippen LogP contribution in [0.15, 0.2) is 18.2 Å². The normalized spacial score (nSPS) is 22.9. The minimum absolute atomic E-state index is 0.296. The highest BCUT2D eigenvalue weighted by atomic mass is 19.1. The molecule has 0 heterocycles. The fourth-order valence-corrected chi connectivity index (χ4v) is 2.14. The van der Waals surface area contributed by atoms with E-state index in [4.69, 9.17) is 10.5 Å². The van der Waals surface area contributed by atoms with Gasteiger partial charge < -0.3 is 10.5 Å². The Hall–Kier alpha value is -1.42. The molecule has 0 aromatic heterocycles. The maximum atomic E-state index is 13.0. The monoisotopic (exact) mass is 223 g/mol. The summed E-state index contributed by atoms with van der Waals surface area (Å²) in [5.41, 5.74) is 7.61. The van der Waals surface area contributed by atoms with Crippen LogP contribution in [-0.4, -0.2) is 12.6 Å². The maximum absolute atomic E-state index is 13.0. The van der Waals surface area contributed by atoms with Crippen LogP contribution >= 0.6 is 0 Å². The van der Waals surface area contributed by atoms with E-state index in [9.17, 15) is 9.18 Å². The molecule has 3 nitrogen and oxygen atoms in total. The van der Waals surface area contributed by atoms with Crippen molar-refractivity contribution in [2.24, 2.45) is 11.7 Å². The average Bonchev–Trinajstić information content (AvgIpc) is 2.56. The Bertz CT molecular complexity index is 419. The fraction of sp³-hybridized carbons (Fsp3) is 0.417. The van der Waals surface area contributed by atoms with E-state index in [1.54, 1.807) is 13.0 Å². The van der Waals surface area contributed by atoms with Gasteiger partial charge in [0.15, 0.2) is 0 Å². The minimum Gasteiger partial charge on any atom is -0.466 e. The van der Waals surface area contributed by atoms with Gasteiger partial charge in [0.05, 0.1) is 12.5 Å². The van der Waals surface area contributed by atoms with Gasteiger partial charge in [0, 0.05) is 6.04 Å². The van der Waals surface area contributed by atoms with Gasteiger partial charge >= 0.3 is 5.97 Å². The molecule has 1 aliphatic rings. The van der Waals surface area contributed by atoms with E-state index in [-0.39, 0.29) is 23.7 Å². The molecule has 0 saturated heterocycles. The number of carbonyl (C=O) groups excluding carboxylic acids is 1. The topological polar surface area (TPSA) is 52.3 Å². The molecule has 0 bridgehead atoms. The van der Waals surface area contributed by atoms with Crippen molar-refractivity contribution in [3.8, 4) is 0 Å². The number of carbonyl (C=O) groups is 1. The van der Waals surface area contributed by atoms with E-state index in [1.165, 1.54) is 12.1 Å². The zero-order chi connectivity index (χ0) is 11.7. The summed E-state index contributed by atoms with van der Waals surface area (Å²) in [6.45, 7) is 2.10. The SMILES string of the molecule is CCOC(=O)[C@H]1Cc2cc(F)ccc2[C@H]1N. The predicted octanol–water partition coefficient (Wildman–Crippen LogP) is 1.56. The summed E-state index contributed by atoms with van der Waals surface area (Å²) in [5, 5.41) is 0. The summed E-state index contributed by atoms with van der Waals surface area (Å²) in [7, 11) is 0. The Morgan fingerprint density at radius 2 is 2.38 bits per heavy atom. The third-order valence-electron chi connectivity index (χ3n) is 2.93. The number of rotatable bonds is 2. The summed E-state index contributed by atoms with van der Waals surface area (Å²) >= 11 is 0. The zero-order valence-corrected chi connectivity index (χ0v) is 9.07. The standard InChI is InChI=1S/C12H14FNO2/c1-2-16-12(15)10-6-7-5-8(13)3-4-9(7)11(10)14/h3-5,10-11H,2,6,14H2,1H3/t10-,11+/m0/s1. The van der Waals surface area contributed by atoms with Gasteiger partial charge in [0.25, 0.3) is 0 Å². The van der Waals surface area contributed by atoms with E-state index in [2.05, 4.69) is 0 Å². The highest BCUT2D eigenvalue weighted by Gasteiger charge is 2.35. The lowest BCUT2D eigenvalue weighted by Crippen LogP contribution is -2.26. The molecule has 2 rings (SSSR count). The van der Waals surface area contributed by atoms with Gasteiger partial charge in [0.2, 0.25) is 0 Å². The van der Waals surface area contributed by atoms with Crippen LogP contribution in [0.2, 0.25) is 0 Å². The summed E-state index contributed by atoms with van der Waals surface area (Å²) in [4.78, 5) is 11.6. The lowest BCUT2D eigenvalue weighted by atomic mass is 10.0. The lowest BCUT2D eigenvalue weighted by molar-refractivity contribution is -0.148. The molecule has 0 saturated carbocycles. The molecule has 0 amide bonds. The number of halogens is 1. The Morgan fingerprint density at radius 1 is 1.62 bits per heavy atom. The quantitative estimate of drug-likeness (QED) is 0.774. The second-order valence-corrected chi connectivity index (χ2v) is 3.93. The van der Waals surface area contributed by atoms with Crippen LogP contribution < -0.4 is 5.73 Å². The van der Waals surface area contributed by atoms with Crippen molar-refractivity contribution in [2.75, 3.05) is 6.61 Å². The first kappa shape index (κ1) is 11.1. The van der Waals surface area contributed by atoms with Crippen LogP contribution in [0.3, 0.4) is 0 Å².